The molecule has 3 aromatic rings. The van der Waals surface area contributed by atoms with E-state index in [4.69, 9.17) is 16.3 Å². The number of hydrogen-bond acceptors (Lipinski definition) is 5. The second-order valence-electron chi connectivity index (χ2n) is 9.22. The molecule has 0 fully saturated rings. The van der Waals surface area contributed by atoms with Crippen LogP contribution in [0.5, 0.6) is 5.75 Å². The lowest BCUT2D eigenvalue weighted by atomic mass is 10.1. The summed E-state index contributed by atoms with van der Waals surface area (Å²) in [4.78, 5) is 28.3. The van der Waals surface area contributed by atoms with Gasteiger partial charge in [0, 0.05) is 18.1 Å². The summed E-state index contributed by atoms with van der Waals surface area (Å²) in [6.07, 6.45) is 1.73. The predicted octanol–water partition coefficient (Wildman–Crippen LogP) is 5.27. The van der Waals surface area contributed by atoms with E-state index in [1.165, 1.54) is 29.2 Å². The van der Waals surface area contributed by atoms with Gasteiger partial charge in [-0.25, -0.2) is 8.42 Å². The minimum atomic E-state index is -4.18. The molecule has 0 radical (unpaired) electrons. The van der Waals surface area contributed by atoms with Crippen LogP contribution in [0.1, 0.15) is 39.2 Å². The first-order valence-corrected chi connectivity index (χ1v) is 15.1. The van der Waals surface area contributed by atoms with Crippen LogP contribution in [-0.2, 0) is 26.2 Å². The molecule has 0 aromatic heterocycles. The summed E-state index contributed by atoms with van der Waals surface area (Å²) >= 11 is 6.00. The van der Waals surface area contributed by atoms with Gasteiger partial charge in [-0.05, 0) is 74.4 Å². The fraction of sp³-hybridized carbons (Fsp3) is 0.333. The lowest BCUT2D eigenvalue weighted by Crippen LogP contribution is -2.51. The zero-order valence-electron chi connectivity index (χ0n) is 23.0. The maximum Gasteiger partial charge on any atom is 0.264 e. The van der Waals surface area contributed by atoms with Gasteiger partial charge in [0.25, 0.3) is 10.0 Å². The Kier molecular flexibility index (Phi) is 11.4. The Morgan fingerprint density at radius 3 is 2.20 bits per heavy atom. The molecule has 3 rings (SSSR count). The van der Waals surface area contributed by atoms with Crippen LogP contribution in [0.4, 0.5) is 5.69 Å². The maximum absolute atomic E-state index is 13.9. The number of carbonyl (C=O) groups is 2. The van der Waals surface area contributed by atoms with Gasteiger partial charge in [0.15, 0.2) is 0 Å². The highest BCUT2D eigenvalue weighted by atomic mass is 35.5. The van der Waals surface area contributed by atoms with Crippen molar-refractivity contribution in [3.05, 3.63) is 89.4 Å². The molecular formula is C30H36ClN3O5S. The molecule has 1 N–H and O–H groups in total. The van der Waals surface area contributed by atoms with E-state index in [1.807, 2.05) is 44.2 Å². The summed E-state index contributed by atoms with van der Waals surface area (Å²) in [6.45, 7) is 6.10. The molecule has 0 spiro atoms. The molecule has 0 aliphatic rings. The molecule has 3 aromatic carbocycles. The number of halogens is 1. The van der Waals surface area contributed by atoms with Crippen molar-refractivity contribution in [1.82, 2.24) is 10.2 Å². The van der Waals surface area contributed by atoms with E-state index in [9.17, 15) is 18.0 Å². The minimum Gasteiger partial charge on any atom is -0.494 e. The topological polar surface area (TPSA) is 96.0 Å². The van der Waals surface area contributed by atoms with Crippen LogP contribution in [0.2, 0.25) is 5.02 Å². The van der Waals surface area contributed by atoms with E-state index in [1.54, 1.807) is 31.2 Å². The molecule has 2 amide bonds. The standard InChI is InChI=1S/C30H36ClN3O5S/c1-4-6-20-32-30(36)23(3)33(21-24-10-8-7-9-11-24)29(35)22-34(26-14-16-27(17-15-26)39-5-2)40(37,38)28-18-12-25(31)13-19-28/h7-19,23H,4-6,20-22H2,1-3H3,(H,32,36)/t23-/m0/s1. The zero-order valence-corrected chi connectivity index (χ0v) is 24.6. The number of unbranched alkanes of at least 4 members (excludes halogenated alkanes) is 1. The molecule has 0 bridgehead atoms. The normalized spacial score (nSPS) is 11.9. The second-order valence-corrected chi connectivity index (χ2v) is 11.5. The SMILES string of the molecule is CCCCNC(=O)[C@H](C)N(Cc1ccccc1)C(=O)CN(c1ccc(OCC)cc1)S(=O)(=O)c1ccc(Cl)cc1. The highest BCUT2D eigenvalue weighted by molar-refractivity contribution is 7.92. The number of nitrogens with one attached hydrogen (secondary N) is 1. The fourth-order valence-electron chi connectivity index (χ4n) is 4.04. The Balaban J connectivity index is 1.99. The van der Waals surface area contributed by atoms with Crippen LogP contribution < -0.4 is 14.4 Å². The van der Waals surface area contributed by atoms with Crippen molar-refractivity contribution in [1.29, 1.82) is 0 Å². The molecule has 8 nitrogen and oxygen atoms in total. The van der Waals surface area contributed by atoms with Crippen molar-refractivity contribution in [2.24, 2.45) is 0 Å². The number of amides is 2. The van der Waals surface area contributed by atoms with Gasteiger partial charge in [-0.15, -0.1) is 0 Å². The van der Waals surface area contributed by atoms with Crippen LogP contribution in [0.15, 0.2) is 83.8 Å². The van der Waals surface area contributed by atoms with Crippen molar-refractivity contribution in [2.75, 3.05) is 24.0 Å². The van der Waals surface area contributed by atoms with Crippen LogP contribution in [0.25, 0.3) is 0 Å². The smallest absolute Gasteiger partial charge is 0.264 e. The molecular weight excluding hydrogens is 550 g/mol. The molecule has 10 heteroatoms. The number of ether oxygens (including phenoxy) is 1. The average molecular weight is 586 g/mol. The largest absolute Gasteiger partial charge is 0.494 e. The minimum absolute atomic E-state index is 0.0152. The van der Waals surface area contributed by atoms with Crippen LogP contribution in [0.3, 0.4) is 0 Å². The van der Waals surface area contributed by atoms with E-state index in [0.717, 1.165) is 22.7 Å². The second kappa shape index (κ2) is 14.7. The number of sulfonamides is 1. The highest BCUT2D eigenvalue weighted by Crippen LogP contribution is 2.27. The van der Waals surface area contributed by atoms with Gasteiger partial charge in [0.2, 0.25) is 11.8 Å². The van der Waals surface area contributed by atoms with Crippen molar-refractivity contribution >= 4 is 39.1 Å². The van der Waals surface area contributed by atoms with Crippen molar-refractivity contribution < 1.29 is 22.7 Å². The summed E-state index contributed by atoms with van der Waals surface area (Å²) in [5.74, 6) is -0.246. The Labute approximate surface area is 241 Å². The lowest BCUT2D eigenvalue weighted by Gasteiger charge is -2.32. The summed E-state index contributed by atoms with van der Waals surface area (Å²) in [5, 5.41) is 3.27. The Morgan fingerprint density at radius 2 is 1.60 bits per heavy atom. The van der Waals surface area contributed by atoms with Crippen molar-refractivity contribution in [2.45, 2.75) is 51.1 Å². The van der Waals surface area contributed by atoms with E-state index >= 15 is 0 Å². The first kappa shape index (κ1) is 31.0. The molecule has 0 saturated carbocycles. The monoisotopic (exact) mass is 585 g/mol. The van der Waals surface area contributed by atoms with E-state index in [2.05, 4.69) is 5.32 Å². The third kappa shape index (κ3) is 8.22. The van der Waals surface area contributed by atoms with Gasteiger partial charge in [-0.2, -0.15) is 0 Å². The number of nitrogens with zero attached hydrogens (tertiary/aromatic N) is 2. The number of rotatable bonds is 14. The number of benzene rings is 3. The van der Waals surface area contributed by atoms with Gasteiger partial charge in [-0.3, -0.25) is 13.9 Å². The highest BCUT2D eigenvalue weighted by Gasteiger charge is 2.32. The van der Waals surface area contributed by atoms with Crippen LogP contribution in [-0.4, -0.2) is 50.9 Å². The van der Waals surface area contributed by atoms with E-state index in [-0.39, 0.29) is 23.0 Å². The maximum atomic E-state index is 13.9. The Morgan fingerprint density at radius 1 is 0.950 bits per heavy atom. The molecule has 214 valence electrons. The third-order valence-corrected chi connectivity index (χ3v) is 8.35. The summed E-state index contributed by atoms with van der Waals surface area (Å²) in [5.41, 5.74) is 1.10. The van der Waals surface area contributed by atoms with Gasteiger partial charge in [0.05, 0.1) is 17.2 Å². The van der Waals surface area contributed by atoms with Gasteiger partial charge < -0.3 is 15.0 Å². The number of hydrogen-bond donors (Lipinski definition) is 1. The fourth-order valence-corrected chi connectivity index (χ4v) is 5.58. The molecule has 1 atom stereocenters. The first-order valence-electron chi connectivity index (χ1n) is 13.3. The number of carbonyl (C=O) groups excluding carboxylic acids is 2. The van der Waals surface area contributed by atoms with Gasteiger partial charge >= 0.3 is 0 Å². The molecule has 0 saturated heterocycles. The van der Waals surface area contributed by atoms with Gasteiger partial charge in [0.1, 0.15) is 18.3 Å². The average Bonchev–Trinajstić information content (AvgIpc) is 2.95. The summed E-state index contributed by atoms with van der Waals surface area (Å²) < 4.78 is 34.3. The van der Waals surface area contributed by atoms with Gasteiger partial charge in [-0.1, -0.05) is 55.3 Å². The predicted molar refractivity (Wildman–Crippen MR) is 158 cm³/mol. The Bertz CT molecular complexity index is 1350. The van der Waals surface area contributed by atoms with E-state index in [0.29, 0.717) is 23.9 Å². The van der Waals surface area contributed by atoms with Crippen LogP contribution in [0, 0.1) is 0 Å². The zero-order chi connectivity index (χ0) is 29.1. The van der Waals surface area contributed by atoms with Crippen LogP contribution >= 0.6 is 11.6 Å². The molecule has 0 aliphatic carbocycles. The molecule has 0 heterocycles. The summed E-state index contributed by atoms with van der Waals surface area (Å²) in [7, 11) is -4.18. The molecule has 40 heavy (non-hydrogen) atoms. The first-order chi connectivity index (χ1) is 19.2. The summed E-state index contributed by atoms with van der Waals surface area (Å²) in [6, 6.07) is 20.7. The Hall–Kier alpha value is -3.56. The number of anilines is 1. The van der Waals surface area contributed by atoms with Crippen molar-refractivity contribution in [3.63, 3.8) is 0 Å². The molecule has 0 aliphatic heterocycles. The van der Waals surface area contributed by atoms with Crippen molar-refractivity contribution in [3.8, 4) is 5.75 Å². The quantitative estimate of drug-likeness (QED) is 0.260. The van der Waals surface area contributed by atoms with E-state index < -0.39 is 28.5 Å². The lowest BCUT2D eigenvalue weighted by molar-refractivity contribution is -0.139. The molecule has 0 unspecified atom stereocenters. The third-order valence-electron chi connectivity index (χ3n) is 6.31.